The van der Waals surface area contributed by atoms with Crippen molar-refractivity contribution in [2.75, 3.05) is 13.6 Å². The first-order valence-corrected chi connectivity index (χ1v) is 9.26. The second-order valence-corrected chi connectivity index (χ2v) is 7.40. The number of ether oxygens (including phenoxy) is 4. The van der Waals surface area contributed by atoms with Crippen molar-refractivity contribution in [2.24, 2.45) is 0 Å². The van der Waals surface area contributed by atoms with E-state index >= 15 is 0 Å². The molecule has 3 aromatic rings. The Hall–Kier alpha value is -2.93. The minimum Gasteiger partial charge on any atom is -0.454 e. The molecule has 3 aromatic carbocycles. The van der Waals surface area contributed by atoms with E-state index in [0.29, 0.717) is 29.4 Å². The molecule has 0 fully saturated rings. The van der Waals surface area contributed by atoms with Crippen molar-refractivity contribution in [3.8, 4) is 34.1 Å². The minimum atomic E-state index is -0.0709. The van der Waals surface area contributed by atoms with E-state index in [1.807, 2.05) is 30.3 Å². The molecule has 0 aliphatic carbocycles. The summed E-state index contributed by atoms with van der Waals surface area (Å²) in [6.07, 6.45) is 0. The number of carbonyl (C=O) groups excluding carboxylic acids is 1. The van der Waals surface area contributed by atoms with Gasteiger partial charge in [0.05, 0.1) is 0 Å². The highest BCUT2D eigenvalue weighted by molar-refractivity contribution is 9.10. The van der Waals surface area contributed by atoms with Crippen molar-refractivity contribution in [3.05, 3.63) is 45.9 Å². The third kappa shape index (κ3) is 2.03. The van der Waals surface area contributed by atoms with Crippen LogP contribution >= 0.6 is 15.9 Å². The number of fused-ring (bicyclic) bond motifs is 5. The topological polar surface area (TPSA) is 66.0 Å². The molecule has 6 nitrogen and oxygen atoms in total. The molecule has 0 spiro atoms. The maximum absolute atomic E-state index is 12.4. The Bertz CT molecular complexity index is 1170. The van der Waals surface area contributed by atoms with Gasteiger partial charge in [0.2, 0.25) is 13.6 Å². The molecule has 3 heterocycles. The molecule has 3 aliphatic rings. The van der Waals surface area contributed by atoms with Gasteiger partial charge in [-0.15, -0.1) is 0 Å². The first kappa shape index (κ1) is 15.2. The van der Waals surface area contributed by atoms with Crippen molar-refractivity contribution >= 4 is 32.6 Å². The zero-order valence-electron chi connectivity index (χ0n) is 13.9. The average Bonchev–Trinajstić information content (AvgIpc) is 3.40. The number of hydrogen-bond acceptors (Lipinski definition) is 5. The second-order valence-electron chi connectivity index (χ2n) is 6.54. The van der Waals surface area contributed by atoms with Crippen molar-refractivity contribution in [1.29, 1.82) is 0 Å². The van der Waals surface area contributed by atoms with E-state index in [4.69, 9.17) is 18.9 Å². The number of hydrogen-bond donors (Lipinski definition) is 1. The van der Waals surface area contributed by atoms with Crippen LogP contribution in [0.2, 0.25) is 0 Å². The molecular formula is C20H12BrNO5. The predicted octanol–water partition coefficient (Wildman–Crippen LogP) is 3.97. The molecule has 1 N–H and O–H groups in total. The van der Waals surface area contributed by atoms with E-state index in [0.717, 1.165) is 37.7 Å². The van der Waals surface area contributed by atoms with Crippen molar-refractivity contribution < 1.29 is 23.7 Å². The second kappa shape index (κ2) is 5.29. The van der Waals surface area contributed by atoms with Crippen LogP contribution in [0, 0.1) is 0 Å². The van der Waals surface area contributed by atoms with Crippen LogP contribution in [0.15, 0.2) is 34.8 Å². The molecule has 0 aromatic heterocycles. The third-order valence-corrected chi connectivity index (χ3v) is 5.81. The summed E-state index contributed by atoms with van der Waals surface area (Å²) in [5.41, 5.74) is 3.51. The SMILES string of the molecule is O=C1NCc2c1cc1c(Br)cc3c(c1c2-c1ccc2c(c1)OCO2)OCO3. The van der Waals surface area contributed by atoms with Gasteiger partial charge in [-0.2, -0.15) is 0 Å². The number of nitrogens with one attached hydrogen (secondary N) is 1. The lowest BCUT2D eigenvalue weighted by atomic mass is 9.90. The maximum atomic E-state index is 12.4. The van der Waals surface area contributed by atoms with E-state index in [9.17, 15) is 4.79 Å². The molecule has 0 unspecified atom stereocenters. The van der Waals surface area contributed by atoms with E-state index in [2.05, 4.69) is 21.2 Å². The molecule has 134 valence electrons. The fourth-order valence-corrected chi connectivity index (χ4v) is 4.47. The van der Waals surface area contributed by atoms with Crippen molar-refractivity contribution in [2.45, 2.75) is 6.54 Å². The van der Waals surface area contributed by atoms with Gasteiger partial charge in [-0.1, -0.05) is 22.0 Å². The van der Waals surface area contributed by atoms with Gasteiger partial charge in [-0.05, 0) is 41.0 Å². The summed E-state index contributed by atoms with van der Waals surface area (Å²) in [6, 6.07) is 9.61. The number of amides is 1. The van der Waals surface area contributed by atoms with Gasteiger partial charge in [-0.3, -0.25) is 4.79 Å². The Morgan fingerprint density at radius 3 is 2.67 bits per heavy atom. The monoisotopic (exact) mass is 425 g/mol. The molecule has 1 amide bonds. The molecule has 6 rings (SSSR count). The Morgan fingerprint density at radius 1 is 0.926 bits per heavy atom. The molecule has 3 aliphatic heterocycles. The van der Waals surface area contributed by atoms with Crippen LogP contribution in [0.4, 0.5) is 0 Å². The summed E-state index contributed by atoms with van der Waals surface area (Å²) in [4.78, 5) is 12.4. The summed E-state index contributed by atoms with van der Waals surface area (Å²) in [6.45, 7) is 0.857. The normalized spacial score (nSPS) is 16.0. The molecule has 7 heteroatoms. The van der Waals surface area contributed by atoms with Crippen molar-refractivity contribution in [3.63, 3.8) is 0 Å². The highest BCUT2D eigenvalue weighted by Gasteiger charge is 2.30. The lowest BCUT2D eigenvalue weighted by Gasteiger charge is -2.15. The lowest BCUT2D eigenvalue weighted by Crippen LogP contribution is -2.12. The van der Waals surface area contributed by atoms with E-state index in [-0.39, 0.29) is 19.5 Å². The Kier molecular flexibility index (Phi) is 2.97. The number of halogens is 1. The molecule has 0 radical (unpaired) electrons. The fourth-order valence-electron chi connectivity index (χ4n) is 3.95. The van der Waals surface area contributed by atoms with Crippen LogP contribution in [0.1, 0.15) is 15.9 Å². The van der Waals surface area contributed by atoms with Gasteiger partial charge in [0.25, 0.3) is 5.91 Å². The van der Waals surface area contributed by atoms with Crippen LogP contribution in [0.5, 0.6) is 23.0 Å². The smallest absolute Gasteiger partial charge is 0.251 e. The van der Waals surface area contributed by atoms with E-state index in [1.165, 1.54) is 0 Å². The summed E-state index contributed by atoms with van der Waals surface area (Å²) in [5, 5.41) is 4.75. The zero-order chi connectivity index (χ0) is 18.1. The fraction of sp³-hybridized carbons (Fsp3) is 0.150. The van der Waals surface area contributed by atoms with Gasteiger partial charge in [0.15, 0.2) is 23.0 Å². The Balaban J connectivity index is 1.76. The third-order valence-electron chi connectivity index (χ3n) is 5.15. The van der Waals surface area contributed by atoms with Crippen LogP contribution in [-0.4, -0.2) is 19.5 Å². The van der Waals surface area contributed by atoms with Crippen LogP contribution < -0.4 is 24.3 Å². The highest BCUT2D eigenvalue weighted by atomic mass is 79.9. The Labute approximate surface area is 162 Å². The number of rotatable bonds is 1. The van der Waals surface area contributed by atoms with Crippen LogP contribution in [-0.2, 0) is 6.54 Å². The molecule has 27 heavy (non-hydrogen) atoms. The minimum absolute atomic E-state index is 0.0709. The number of carbonyl (C=O) groups is 1. The van der Waals surface area contributed by atoms with Crippen LogP contribution in [0.3, 0.4) is 0 Å². The van der Waals surface area contributed by atoms with Gasteiger partial charge >= 0.3 is 0 Å². The van der Waals surface area contributed by atoms with Gasteiger partial charge in [-0.25, -0.2) is 0 Å². The highest BCUT2D eigenvalue weighted by Crippen LogP contribution is 2.50. The lowest BCUT2D eigenvalue weighted by molar-refractivity contribution is 0.0966. The molecular weight excluding hydrogens is 414 g/mol. The molecule has 0 bridgehead atoms. The van der Waals surface area contributed by atoms with Gasteiger partial charge in [0.1, 0.15) is 0 Å². The zero-order valence-corrected chi connectivity index (χ0v) is 15.5. The Morgan fingerprint density at radius 2 is 1.74 bits per heavy atom. The van der Waals surface area contributed by atoms with Gasteiger partial charge < -0.3 is 24.3 Å². The average molecular weight is 426 g/mol. The summed E-state index contributed by atoms with van der Waals surface area (Å²) >= 11 is 3.62. The van der Waals surface area contributed by atoms with E-state index < -0.39 is 0 Å². The summed E-state index contributed by atoms with van der Waals surface area (Å²) in [5.74, 6) is 2.73. The summed E-state index contributed by atoms with van der Waals surface area (Å²) in [7, 11) is 0. The maximum Gasteiger partial charge on any atom is 0.251 e. The van der Waals surface area contributed by atoms with Crippen LogP contribution in [0.25, 0.3) is 21.9 Å². The van der Waals surface area contributed by atoms with Crippen molar-refractivity contribution in [1.82, 2.24) is 5.32 Å². The first-order valence-electron chi connectivity index (χ1n) is 8.46. The number of benzene rings is 3. The van der Waals surface area contributed by atoms with E-state index in [1.54, 1.807) is 0 Å². The molecule has 0 atom stereocenters. The standard InChI is InChI=1S/C20H12BrNO5/c21-13-5-16-19(27-8-26-16)18-11(13)4-10-12(6-22-20(10)23)17(18)9-1-2-14-15(3-9)25-7-24-14/h1-5H,6-8H2,(H,22,23). The molecule has 0 saturated carbocycles. The molecule has 0 saturated heterocycles. The first-order chi connectivity index (χ1) is 13.2. The summed E-state index contributed by atoms with van der Waals surface area (Å²) < 4.78 is 23.3. The van der Waals surface area contributed by atoms with Gasteiger partial charge in [0, 0.05) is 27.4 Å². The predicted molar refractivity (Wildman–Crippen MR) is 101 cm³/mol. The largest absolute Gasteiger partial charge is 0.454 e. The quantitative estimate of drug-likeness (QED) is 0.638.